The number of esters is 2. The molecule has 3 aromatic rings. The number of aryl methyl sites for hydroxylation is 1. The molecule has 0 N–H and O–H groups in total. The molecule has 0 bridgehead atoms. The third kappa shape index (κ3) is 12.3. The number of ether oxygens (including phenoxy) is 8. The first-order valence-electron chi connectivity index (χ1n) is 18.0. The van der Waals surface area contributed by atoms with Gasteiger partial charge in [-0.3, -0.25) is 0 Å². The van der Waals surface area contributed by atoms with Crippen LogP contribution in [0.2, 0.25) is 0 Å². The first-order valence-corrected chi connectivity index (χ1v) is 18.0. The molecule has 0 saturated carbocycles. The molecule has 3 aromatic carbocycles. The third-order valence-corrected chi connectivity index (χ3v) is 8.85. The summed E-state index contributed by atoms with van der Waals surface area (Å²) in [6, 6.07) is 18.7. The zero-order chi connectivity index (χ0) is 35.9. The maximum Gasteiger partial charge on any atom is 0.343 e. The molecule has 0 radical (unpaired) electrons. The van der Waals surface area contributed by atoms with Crippen molar-refractivity contribution in [3.8, 4) is 23.0 Å². The molecular weight excluding hydrogens is 652 g/mol. The maximum absolute atomic E-state index is 12.8. The Kier molecular flexibility index (Phi) is 14.3. The smallest absolute Gasteiger partial charge is 0.343 e. The Morgan fingerprint density at radius 1 is 0.569 bits per heavy atom. The molecule has 0 unspecified atom stereocenters. The Labute approximate surface area is 301 Å². The lowest BCUT2D eigenvalue weighted by atomic mass is 9.90. The monoisotopic (exact) mass is 704 g/mol. The molecule has 2 aliphatic heterocycles. The van der Waals surface area contributed by atoms with Gasteiger partial charge in [0.1, 0.15) is 23.0 Å². The molecule has 2 saturated heterocycles. The van der Waals surface area contributed by atoms with Gasteiger partial charge < -0.3 is 37.9 Å². The fourth-order valence-corrected chi connectivity index (χ4v) is 5.55. The van der Waals surface area contributed by atoms with Crippen molar-refractivity contribution in [3.63, 3.8) is 0 Å². The molecule has 0 amide bonds. The van der Waals surface area contributed by atoms with Gasteiger partial charge in [0.25, 0.3) is 0 Å². The average molecular weight is 705 g/mol. The second kappa shape index (κ2) is 19.0. The van der Waals surface area contributed by atoms with Crippen molar-refractivity contribution in [2.45, 2.75) is 59.3 Å². The fourth-order valence-electron chi connectivity index (χ4n) is 5.55. The van der Waals surface area contributed by atoms with Crippen LogP contribution in [-0.4, -0.2) is 78.0 Å². The van der Waals surface area contributed by atoms with E-state index in [1.807, 2.05) is 0 Å². The highest BCUT2D eigenvalue weighted by molar-refractivity contribution is 5.92. The van der Waals surface area contributed by atoms with Gasteiger partial charge in [-0.05, 0) is 118 Å². The molecular formula is C41H52O10. The molecule has 10 nitrogen and oxygen atoms in total. The van der Waals surface area contributed by atoms with Gasteiger partial charge in [-0.2, -0.15) is 0 Å². The van der Waals surface area contributed by atoms with Gasteiger partial charge in [0.05, 0.1) is 64.0 Å². The third-order valence-electron chi connectivity index (χ3n) is 8.85. The van der Waals surface area contributed by atoms with Crippen molar-refractivity contribution in [1.82, 2.24) is 0 Å². The Bertz CT molecular complexity index is 1530. The standard InChI is InChI=1S/C41H52O10/c1-31-24-36(50-38(42)32-10-14-34(15-11-32)48-22-8-4-6-20-44-25-40(2)27-46-28-40)18-19-37(31)51-39(43)33-12-16-35(17-13-33)49-23-9-5-7-21-45-26-41(3)29-47-30-41/h10-19,24H,4-9,20-23,25-30H2,1-3H3. The largest absolute Gasteiger partial charge is 0.494 e. The van der Waals surface area contributed by atoms with Crippen LogP contribution in [0.1, 0.15) is 78.7 Å². The lowest BCUT2D eigenvalue weighted by Crippen LogP contribution is -2.43. The summed E-state index contributed by atoms with van der Waals surface area (Å²) >= 11 is 0. The van der Waals surface area contributed by atoms with Crippen molar-refractivity contribution < 1.29 is 47.5 Å². The van der Waals surface area contributed by atoms with Crippen molar-refractivity contribution in [2.24, 2.45) is 10.8 Å². The van der Waals surface area contributed by atoms with Gasteiger partial charge in [-0.25, -0.2) is 9.59 Å². The zero-order valence-corrected chi connectivity index (χ0v) is 30.2. The number of hydrogen-bond acceptors (Lipinski definition) is 10. The Balaban J connectivity index is 0.949. The second-order valence-electron chi connectivity index (χ2n) is 14.3. The Hall–Kier alpha value is -3.96. The average Bonchev–Trinajstić information content (AvgIpc) is 3.10. The fraction of sp³-hybridized carbons (Fsp3) is 0.512. The zero-order valence-electron chi connectivity index (χ0n) is 30.2. The summed E-state index contributed by atoms with van der Waals surface area (Å²) in [6.45, 7) is 13.5. The number of carbonyl (C=O) groups is 2. The predicted octanol–water partition coefficient (Wildman–Crippen LogP) is 7.64. The van der Waals surface area contributed by atoms with Crippen LogP contribution in [0.15, 0.2) is 66.7 Å². The van der Waals surface area contributed by atoms with E-state index in [9.17, 15) is 9.59 Å². The van der Waals surface area contributed by atoms with Gasteiger partial charge in [0.15, 0.2) is 0 Å². The van der Waals surface area contributed by atoms with Gasteiger partial charge >= 0.3 is 11.9 Å². The van der Waals surface area contributed by atoms with E-state index >= 15 is 0 Å². The summed E-state index contributed by atoms with van der Waals surface area (Å²) in [5.41, 5.74) is 1.84. The molecule has 10 heteroatoms. The van der Waals surface area contributed by atoms with Crippen molar-refractivity contribution >= 4 is 11.9 Å². The summed E-state index contributed by atoms with van der Waals surface area (Å²) in [6.07, 6.45) is 5.88. The summed E-state index contributed by atoms with van der Waals surface area (Å²) in [5.74, 6) is 1.15. The van der Waals surface area contributed by atoms with Crippen LogP contribution in [0, 0.1) is 17.8 Å². The van der Waals surface area contributed by atoms with Crippen LogP contribution in [0.4, 0.5) is 0 Å². The van der Waals surface area contributed by atoms with E-state index in [4.69, 9.17) is 37.9 Å². The van der Waals surface area contributed by atoms with Gasteiger partial charge in [0.2, 0.25) is 0 Å². The van der Waals surface area contributed by atoms with E-state index in [1.165, 1.54) is 0 Å². The minimum absolute atomic E-state index is 0.189. The molecule has 0 aliphatic carbocycles. The van der Waals surface area contributed by atoms with Crippen molar-refractivity contribution in [2.75, 3.05) is 66.1 Å². The number of carbonyl (C=O) groups excluding carboxylic acids is 2. The minimum Gasteiger partial charge on any atom is -0.494 e. The lowest BCUT2D eigenvalue weighted by Gasteiger charge is -2.37. The van der Waals surface area contributed by atoms with Crippen LogP contribution >= 0.6 is 0 Å². The van der Waals surface area contributed by atoms with Gasteiger partial charge in [-0.1, -0.05) is 13.8 Å². The highest BCUT2D eigenvalue weighted by Crippen LogP contribution is 2.28. The highest BCUT2D eigenvalue weighted by atomic mass is 16.5. The Morgan fingerprint density at radius 2 is 1.00 bits per heavy atom. The van der Waals surface area contributed by atoms with Crippen molar-refractivity contribution in [3.05, 3.63) is 83.4 Å². The lowest BCUT2D eigenvalue weighted by molar-refractivity contribution is -0.138. The van der Waals surface area contributed by atoms with Crippen molar-refractivity contribution in [1.29, 1.82) is 0 Å². The predicted molar refractivity (Wildman–Crippen MR) is 192 cm³/mol. The molecule has 51 heavy (non-hydrogen) atoms. The number of rotatable bonds is 22. The highest BCUT2D eigenvalue weighted by Gasteiger charge is 2.34. The van der Waals surface area contributed by atoms with Gasteiger partial charge in [0, 0.05) is 24.0 Å². The number of hydrogen-bond donors (Lipinski definition) is 0. The molecule has 2 aliphatic rings. The molecule has 0 aromatic heterocycles. The number of benzene rings is 3. The summed E-state index contributed by atoms with van der Waals surface area (Å²) in [4.78, 5) is 25.6. The first-order chi connectivity index (χ1) is 24.7. The van der Waals surface area contributed by atoms with Crippen LogP contribution in [0.5, 0.6) is 23.0 Å². The van der Waals surface area contributed by atoms with E-state index in [1.54, 1.807) is 73.7 Å². The van der Waals surface area contributed by atoms with Gasteiger partial charge in [-0.15, -0.1) is 0 Å². The van der Waals surface area contributed by atoms with Crippen LogP contribution < -0.4 is 18.9 Å². The summed E-state index contributed by atoms with van der Waals surface area (Å²) in [7, 11) is 0. The van der Waals surface area contributed by atoms with E-state index in [0.29, 0.717) is 52.9 Å². The summed E-state index contributed by atoms with van der Waals surface area (Å²) < 4.78 is 44.9. The van der Waals surface area contributed by atoms with Crippen LogP contribution in [-0.2, 0) is 18.9 Å². The minimum atomic E-state index is -0.492. The number of unbranched alkanes of at least 4 members (excludes halogenated alkanes) is 4. The molecule has 276 valence electrons. The quantitative estimate of drug-likeness (QED) is 0.0588. The SMILES string of the molecule is Cc1cc(OC(=O)c2ccc(OCCCCCOCC3(C)COC3)cc2)ccc1OC(=O)c1ccc(OCCCCCOCC2(C)COC2)cc1. The second-order valence-corrected chi connectivity index (χ2v) is 14.3. The molecule has 5 rings (SSSR count). The van der Waals surface area contributed by atoms with Crippen LogP contribution in [0.3, 0.4) is 0 Å². The topological polar surface area (TPSA) is 108 Å². The first kappa shape index (κ1) is 38.3. The molecule has 2 fully saturated rings. The Morgan fingerprint density at radius 3 is 1.43 bits per heavy atom. The maximum atomic E-state index is 12.8. The molecule has 0 atom stereocenters. The molecule has 2 heterocycles. The van der Waals surface area contributed by atoms with E-state index in [0.717, 1.165) is 91.4 Å². The van der Waals surface area contributed by atoms with E-state index < -0.39 is 11.9 Å². The van der Waals surface area contributed by atoms with Crippen LogP contribution in [0.25, 0.3) is 0 Å². The van der Waals surface area contributed by atoms with E-state index in [-0.39, 0.29) is 10.8 Å². The molecule has 0 spiro atoms. The summed E-state index contributed by atoms with van der Waals surface area (Å²) in [5, 5.41) is 0. The normalized spacial score (nSPS) is 15.7. The van der Waals surface area contributed by atoms with E-state index in [2.05, 4.69) is 13.8 Å².